The Labute approximate surface area is 298 Å². The summed E-state index contributed by atoms with van der Waals surface area (Å²) in [5.41, 5.74) is 0.579. The van der Waals surface area contributed by atoms with E-state index < -0.39 is 27.9 Å². The number of carboxylic acids is 1. The van der Waals surface area contributed by atoms with Crippen LogP contribution < -0.4 is 10.1 Å². The van der Waals surface area contributed by atoms with Crippen LogP contribution in [0, 0.1) is 0 Å². The number of para-hydroxylation sites is 3. The van der Waals surface area contributed by atoms with Crippen molar-refractivity contribution in [2.75, 3.05) is 19.0 Å². The van der Waals surface area contributed by atoms with Gasteiger partial charge in [-0.05, 0) is 36.8 Å². The summed E-state index contributed by atoms with van der Waals surface area (Å²) in [4.78, 5) is 30.7. The van der Waals surface area contributed by atoms with Crippen molar-refractivity contribution < 1.29 is 27.9 Å². The molecular formula is C39H54N4O6S. The third-order valence-electron chi connectivity index (χ3n) is 9.26. The first kappa shape index (κ1) is 38.7. The van der Waals surface area contributed by atoms with Crippen LogP contribution in [0.25, 0.3) is 0 Å². The number of hydrogen-bond acceptors (Lipinski definition) is 6. The Morgan fingerprint density at radius 2 is 1.36 bits per heavy atom. The maximum Gasteiger partial charge on any atom is 0.337 e. The van der Waals surface area contributed by atoms with E-state index >= 15 is 0 Å². The van der Waals surface area contributed by atoms with Gasteiger partial charge >= 0.3 is 5.97 Å². The molecule has 0 aliphatic carbocycles. The number of carbonyl (C=O) groups excluding carboxylic acids is 1. The quantitative estimate of drug-likeness (QED) is 0.0946. The van der Waals surface area contributed by atoms with Crippen molar-refractivity contribution in [2.45, 2.75) is 121 Å². The zero-order chi connectivity index (χ0) is 35.8. The van der Waals surface area contributed by atoms with E-state index in [0.29, 0.717) is 17.9 Å². The lowest BCUT2D eigenvalue weighted by Gasteiger charge is -2.34. The summed E-state index contributed by atoms with van der Waals surface area (Å²) in [5, 5.41) is 12.5. The fourth-order valence-corrected chi connectivity index (χ4v) is 8.08. The molecule has 0 radical (unpaired) electrons. The molecule has 10 nitrogen and oxygen atoms in total. The van der Waals surface area contributed by atoms with Crippen LogP contribution in [-0.4, -0.2) is 53.8 Å². The van der Waals surface area contributed by atoms with Crippen LogP contribution in [0.5, 0.6) is 5.75 Å². The van der Waals surface area contributed by atoms with Crippen LogP contribution >= 0.6 is 0 Å². The minimum Gasteiger partial charge on any atom is -0.495 e. The molecular weight excluding hydrogens is 653 g/mol. The van der Waals surface area contributed by atoms with Crippen LogP contribution in [0.4, 0.5) is 11.4 Å². The number of rotatable bonds is 23. The highest BCUT2D eigenvalue weighted by Gasteiger charge is 2.41. The summed E-state index contributed by atoms with van der Waals surface area (Å²) in [7, 11) is -2.58. The van der Waals surface area contributed by atoms with Crippen LogP contribution in [0.1, 0.15) is 126 Å². The number of ether oxygens (including phenoxy) is 1. The number of anilines is 1. The summed E-state index contributed by atoms with van der Waals surface area (Å²) in [6, 6.07) is 13.4. The molecule has 3 aromatic rings. The first-order chi connectivity index (χ1) is 24.3. The van der Waals surface area contributed by atoms with Crippen LogP contribution in [-0.2, 0) is 14.8 Å². The number of carboxylic acid groups (broad SMARTS) is 1. The van der Waals surface area contributed by atoms with Gasteiger partial charge in [0.2, 0.25) is 0 Å². The number of amides is 1. The first-order valence-electron chi connectivity index (χ1n) is 18.3. The number of aliphatic imine (C=N–C) groups is 1. The Morgan fingerprint density at radius 3 is 1.94 bits per heavy atom. The minimum atomic E-state index is -4.07. The summed E-state index contributed by atoms with van der Waals surface area (Å²) >= 11 is 0. The number of aromatic carboxylic acids is 1. The second-order valence-electron chi connectivity index (χ2n) is 13.1. The predicted octanol–water partition coefficient (Wildman–Crippen LogP) is 9.37. The highest BCUT2D eigenvalue weighted by molar-refractivity contribution is 7.90. The van der Waals surface area contributed by atoms with E-state index in [-0.39, 0.29) is 28.5 Å². The molecule has 50 heavy (non-hydrogen) atoms. The van der Waals surface area contributed by atoms with Crippen molar-refractivity contribution in [3.63, 3.8) is 0 Å². The van der Waals surface area contributed by atoms with Crippen molar-refractivity contribution >= 4 is 39.1 Å². The monoisotopic (exact) mass is 706 g/mol. The zero-order valence-corrected chi connectivity index (χ0v) is 30.5. The summed E-state index contributed by atoms with van der Waals surface area (Å²) in [6.45, 7) is 2.39. The molecule has 0 saturated heterocycles. The Kier molecular flexibility index (Phi) is 15.4. The van der Waals surface area contributed by atoms with Crippen molar-refractivity contribution in [2.24, 2.45) is 4.99 Å². The SMILES string of the molecule is CCCCCCCCCCCCCCCCCCN1C(C(C(=O)Nc2ccccc2OC)n2ccc(C(=O)O)c2)=Nc2ccccc2S1(=O)=O. The van der Waals surface area contributed by atoms with Gasteiger partial charge in [-0.25, -0.2) is 18.2 Å². The van der Waals surface area contributed by atoms with Gasteiger partial charge < -0.3 is 19.7 Å². The van der Waals surface area contributed by atoms with Gasteiger partial charge in [0.05, 0.1) is 24.0 Å². The Morgan fingerprint density at radius 1 is 0.800 bits per heavy atom. The second kappa shape index (κ2) is 19.9. The molecule has 0 spiro atoms. The lowest BCUT2D eigenvalue weighted by molar-refractivity contribution is -0.117. The second-order valence-corrected chi connectivity index (χ2v) is 14.9. The number of nitrogens with one attached hydrogen (secondary N) is 1. The van der Waals surface area contributed by atoms with E-state index in [0.717, 1.165) is 19.3 Å². The summed E-state index contributed by atoms with van der Waals surface area (Å²) in [5.74, 6) is -1.33. The third-order valence-corrected chi connectivity index (χ3v) is 11.1. The number of aromatic nitrogens is 1. The highest BCUT2D eigenvalue weighted by atomic mass is 32.2. The maximum atomic E-state index is 14.1. The van der Waals surface area contributed by atoms with Crippen molar-refractivity contribution in [3.8, 4) is 5.75 Å². The van der Waals surface area contributed by atoms with Crippen molar-refractivity contribution in [3.05, 3.63) is 72.6 Å². The number of carbonyl (C=O) groups is 2. The maximum absolute atomic E-state index is 14.1. The highest BCUT2D eigenvalue weighted by Crippen LogP contribution is 2.36. The normalized spacial score (nSPS) is 14.1. The number of nitrogens with zero attached hydrogens (tertiary/aromatic N) is 3. The molecule has 1 aliphatic heterocycles. The molecule has 0 bridgehead atoms. The first-order valence-corrected chi connectivity index (χ1v) is 19.8. The smallest absolute Gasteiger partial charge is 0.337 e. The number of sulfonamides is 1. The summed E-state index contributed by atoms with van der Waals surface area (Å²) in [6.07, 6.45) is 22.0. The van der Waals surface area contributed by atoms with E-state index in [9.17, 15) is 23.1 Å². The van der Waals surface area contributed by atoms with Gasteiger partial charge in [0.15, 0.2) is 11.9 Å². The topological polar surface area (TPSA) is 130 Å². The number of fused-ring (bicyclic) bond motifs is 1. The molecule has 2 N–H and O–H groups in total. The molecule has 1 unspecified atom stereocenters. The molecule has 1 atom stereocenters. The molecule has 11 heteroatoms. The van der Waals surface area contributed by atoms with Gasteiger partial charge in [0, 0.05) is 18.9 Å². The minimum absolute atomic E-state index is 0.00426. The molecule has 0 fully saturated rings. The number of amidine groups is 1. The van der Waals surface area contributed by atoms with Crippen LogP contribution in [0.2, 0.25) is 0 Å². The van der Waals surface area contributed by atoms with Gasteiger partial charge in [-0.15, -0.1) is 0 Å². The number of hydrogen-bond donors (Lipinski definition) is 2. The molecule has 1 aliphatic rings. The Bertz CT molecular complexity index is 1670. The van der Waals surface area contributed by atoms with Gasteiger partial charge in [-0.1, -0.05) is 128 Å². The lowest BCUT2D eigenvalue weighted by Crippen LogP contribution is -2.47. The number of benzene rings is 2. The van der Waals surface area contributed by atoms with Crippen molar-refractivity contribution in [1.82, 2.24) is 8.87 Å². The Hall–Kier alpha value is -4.12. The van der Waals surface area contributed by atoms with E-state index in [2.05, 4.69) is 12.2 Å². The standard InChI is InChI=1S/C39H54N4O6S/c1-3-4-5-6-7-8-9-10-11-12-13-14-15-16-17-22-28-43-37(40-33-24-19-21-26-35(33)50(43,47)48)36(42-29-27-31(30-42)39(45)46)38(44)41-32-23-18-20-25-34(32)49-2/h18-21,23-27,29-30,36H,3-17,22,28H2,1-2H3,(H,41,44)(H,45,46). The Balaban J connectivity index is 1.41. The summed E-state index contributed by atoms with van der Waals surface area (Å²) < 4.78 is 36.3. The molecule has 2 heterocycles. The molecule has 2 aromatic carbocycles. The van der Waals surface area contributed by atoms with E-state index in [1.165, 1.54) is 118 Å². The lowest BCUT2D eigenvalue weighted by atomic mass is 10.0. The van der Waals surface area contributed by atoms with Crippen molar-refractivity contribution in [1.29, 1.82) is 0 Å². The average molecular weight is 707 g/mol. The number of methoxy groups -OCH3 is 1. The van der Waals surface area contributed by atoms with Gasteiger partial charge in [-0.3, -0.25) is 9.10 Å². The molecule has 4 rings (SSSR count). The zero-order valence-electron chi connectivity index (χ0n) is 29.7. The number of unbranched alkanes of at least 4 members (excludes halogenated alkanes) is 15. The van der Waals surface area contributed by atoms with Crippen LogP contribution in [0.15, 0.2) is 76.9 Å². The van der Waals surface area contributed by atoms with Crippen LogP contribution in [0.3, 0.4) is 0 Å². The fraction of sp³-hybridized carbons (Fsp3) is 0.513. The average Bonchev–Trinajstić information content (AvgIpc) is 3.60. The molecule has 1 aromatic heterocycles. The van der Waals surface area contributed by atoms with Gasteiger partial charge in [0.1, 0.15) is 10.6 Å². The van der Waals surface area contributed by atoms with Gasteiger partial charge in [0.25, 0.3) is 15.9 Å². The van der Waals surface area contributed by atoms with E-state index in [1.807, 2.05) is 0 Å². The molecule has 1 amide bonds. The van der Waals surface area contributed by atoms with Gasteiger partial charge in [-0.2, -0.15) is 0 Å². The third kappa shape index (κ3) is 10.7. The van der Waals surface area contributed by atoms with E-state index in [1.54, 1.807) is 42.5 Å². The molecule has 0 saturated carbocycles. The molecule has 272 valence electrons. The van der Waals surface area contributed by atoms with E-state index in [4.69, 9.17) is 9.73 Å². The largest absolute Gasteiger partial charge is 0.495 e. The predicted molar refractivity (Wildman–Crippen MR) is 199 cm³/mol. The fourth-order valence-electron chi connectivity index (χ4n) is 6.46.